The van der Waals surface area contributed by atoms with E-state index in [9.17, 15) is 13.0 Å². The molecule has 6 nitrogen and oxygen atoms in total. The van der Waals surface area contributed by atoms with Gasteiger partial charge in [-0.2, -0.15) is 0 Å². The predicted octanol–water partition coefficient (Wildman–Crippen LogP) is 4.76. The van der Waals surface area contributed by atoms with Gasteiger partial charge in [-0.3, -0.25) is 14.1 Å². The molecule has 0 bridgehead atoms. The van der Waals surface area contributed by atoms with E-state index in [0.29, 0.717) is 6.04 Å². The number of rotatable bonds is 16. The van der Waals surface area contributed by atoms with Crippen LogP contribution in [0.3, 0.4) is 0 Å². The number of nitrogens with one attached hydrogen (secondary N) is 1. The number of hydrogen-bond donors (Lipinski definition) is 1. The SMILES string of the molecule is CCCCCCCC/C=C\CCCCCCC(C)[N+]1=CNCC1.COS(=O)(=O)[O-]. The predicted molar refractivity (Wildman–Crippen MR) is 120 cm³/mol. The third-order valence-corrected chi connectivity index (χ3v) is 5.58. The average Bonchev–Trinajstić information content (AvgIpc) is 3.23. The van der Waals surface area contributed by atoms with Crippen LogP contribution in [-0.2, 0) is 14.6 Å². The van der Waals surface area contributed by atoms with Crippen LogP contribution in [0.2, 0.25) is 0 Å². The van der Waals surface area contributed by atoms with Gasteiger partial charge in [0.2, 0.25) is 16.7 Å². The molecule has 1 aliphatic rings. The van der Waals surface area contributed by atoms with Crippen molar-refractivity contribution in [2.45, 2.75) is 103 Å². The fourth-order valence-corrected chi connectivity index (χ4v) is 3.29. The highest BCUT2D eigenvalue weighted by Gasteiger charge is 2.15. The molecule has 0 saturated heterocycles. The lowest BCUT2D eigenvalue weighted by Crippen LogP contribution is -2.22. The minimum Gasteiger partial charge on any atom is -0.726 e. The summed E-state index contributed by atoms with van der Waals surface area (Å²) in [5.41, 5.74) is 0. The average molecular weight is 433 g/mol. The Labute approximate surface area is 179 Å². The number of allylic oxidation sites excluding steroid dienone is 2. The zero-order chi connectivity index (χ0) is 21.8. The molecule has 1 aliphatic heterocycles. The fourth-order valence-electron chi connectivity index (χ4n) is 3.29. The second-order valence-corrected chi connectivity index (χ2v) is 8.91. The summed E-state index contributed by atoms with van der Waals surface area (Å²) in [6, 6.07) is 0.710. The minimum absolute atomic E-state index is 0.710. The second kappa shape index (κ2) is 19.1. The largest absolute Gasteiger partial charge is 0.726 e. The second-order valence-electron chi connectivity index (χ2n) is 7.76. The Morgan fingerprint density at radius 3 is 2.03 bits per heavy atom. The lowest BCUT2D eigenvalue weighted by atomic mass is 10.1. The lowest BCUT2D eigenvalue weighted by molar-refractivity contribution is -0.550. The molecule has 7 heteroatoms. The zero-order valence-corrected chi connectivity index (χ0v) is 19.7. The normalized spacial score (nSPS) is 15.0. The van der Waals surface area contributed by atoms with Crippen LogP contribution in [0.5, 0.6) is 0 Å². The Balaban J connectivity index is 0.00000113. The summed E-state index contributed by atoms with van der Waals surface area (Å²) >= 11 is 0. The molecular weight excluding hydrogens is 388 g/mol. The van der Waals surface area contributed by atoms with Gasteiger partial charge in [-0.1, -0.05) is 64.0 Å². The van der Waals surface area contributed by atoms with Crippen LogP contribution in [0.25, 0.3) is 0 Å². The maximum atomic E-state index is 9.22. The van der Waals surface area contributed by atoms with E-state index in [1.165, 1.54) is 90.0 Å². The van der Waals surface area contributed by atoms with E-state index < -0.39 is 10.4 Å². The van der Waals surface area contributed by atoms with Gasteiger partial charge < -0.3 is 4.55 Å². The monoisotopic (exact) mass is 432 g/mol. The smallest absolute Gasteiger partial charge is 0.232 e. The molecule has 0 saturated carbocycles. The molecule has 0 aromatic carbocycles. The summed E-state index contributed by atoms with van der Waals surface area (Å²) in [5.74, 6) is 0. The van der Waals surface area contributed by atoms with Crippen molar-refractivity contribution in [3.05, 3.63) is 12.2 Å². The fraction of sp³-hybridized carbons (Fsp3) is 0.864. The number of hydrogen-bond acceptors (Lipinski definition) is 5. The molecule has 1 unspecified atom stereocenters. The van der Waals surface area contributed by atoms with Gasteiger partial charge in [0.25, 0.3) is 0 Å². The molecule has 1 heterocycles. The van der Waals surface area contributed by atoms with Crippen LogP contribution in [0, 0.1) is 0 Å². The van der Waals surface area contributed by atoms with Gasteiger partial charge in [-0.15, -0.1) is 0 Å². The van der Waals surface area contributed by atoms with Crippen molar-refractivity contribution in [3.63, 3.8) is 0 Å². The van der Waals surface area contributed by atoms with Crippen molar-refractivity contribution in [2.24, 2.45) is 0 Å². The van der Waals surface area contributed by atoms with Crippen LogP contribution >= 0.6 is 0 Å². The summed E-state index contributed by atoms with van der Waals surface area (Å²) in [6.45, 7) is 6.95. The number of nitrogens with zero attached hydrogens (tertiary/aromatic N) is 1. The van der Waals surface area contributed by atoms with E-state index in [1.54, 1.807) is 0 Å². The molecule has 1 N–H and O–H groups in total. The Kier molecular flexibility index (Phi) is 18.5. The van der Waals surface area contributed by atoms with Gasteiger partial charge in [0.05, 0.1) is 13.2 Å². The van der Waals surface area contributed by atoms with Gasteiger partial charge in [-0.25, -0.2) is 8.42 Å². The zero-order valence-electron chi connectivity index (χ0n) is 18.9. The third kappa shape index (κ3) is 20.1. The molecule has 0 radical (unpaired) electrons. The van der Waals surface area contributed by atoms with Crippen LogP contribution in [0.15, 0.2) is 12.2 Å². The summed E-state index contributed by atoms with van der Waals surface area (Å²) in [7, 11) is -3.60. The van der Waals surface area contributed by atoms with E-state index >= 15 is 0 Å². The van der Waals surface area contributed by atoms with Crippen LogP contribution in [-0.4, -0.2) is 50.1 Å². The Morgan fingerprint density at radius 2 is 1.55 bits per heavy atom. The van der Waals surface area contributed by atoms with E-state index in [4.69, 9.17) is 0 Å². The van der Waals surface area contributed by atoms with Gasteiger partial charge >= 0.3 is 0 Å². The standard InChI is InChI=1S/C21H40N2.CH4O4S/c1-3-4-5-6-7-8-9-10-11-12-13-14-15-16-17-21(2)23-19-18-22-20-23;1-5-6(2,3)4/h10-11,20-21H,3-9,12-19H2,1-2H3;1H3,(H,2,3,4)/b11-10-;. The first-order valence-corrected chi connectivity index (χ1v) is 12.7. The molecule has 1 rings (SSSR count). The van der Waals surface area contributed by atoms with Crippen molar-refractivity contribution in [1.82, 2.24) is 5.32 Å². The first-order valence-electron chi connectivity index (χ1n) is 11.4. The molecule has 172 valence electrons. The third-order valence-electron chi connectivity index (χ3n) is 5.18. The van der Waals surface area contributed by atoms with Crippen LogP contribution < -0.4 is 5.32 Å². The van der Waals surface area contributed by atoms with Crippen molar-refractivity contribution < 1.29 is 21.7 Å². The lowest BCUT2D eigenvalue weighted by Gasteiger charge is -2.10. The highest BCUT2D eigenvalue weighted by atomic mass is 32.3. The molecule has 0 aliphatic carbocycles. The Morgan fingerprint density at radius 1 is 1.03 bits per heavy atom. The maximum Gasteiger partial charge on any atom is 0.232 e. The topological polar surface area (TPSA) is 81.5 Å². The van der Waals surface area contributed by atoms with Crippen molar-refractivity contribution in [1.29, 1.82) is 0 Å². The molecule has 0 spiro atoms. The first kappa shape index (κ1) is 28.1. The van der Waals surface area contributed by atoms with E-state index in [0.717, 1.165) is 13.7 Å². The quantitative estimate of drug-likeness (QED) is 0.125. The van der Waals surface area contributed by atoms with Crippen molar-refractivity contribution in [2.75, 3.05) is 20.2 Å². The van der Waals surface area contributed by atoms with E-state index in [1.807, 2.05) is 0 Å². The van der Waals surface area contributed by atoms with Crippen molar-refractivity contribution in [3.8, 4) is 0 Å². The highest BCUT2D eigenvalue weighted by molar-refractivity contribution is 7.80. The summed E-state index contributed by atoms with van der Waals surface area (Å²) in [4.78, 5) is 0. The summed E-state index contributed by atoms with van der Waals surface area (Å²) in [6.07, 6.45) is 24.9. The summed E-state index contributed by atoms with van der Waals surface area (Å²) < 4.78 is 33.5. The molecule has 0 aromatic rings. The Bertz CT molecular complexity index is 533. The molecule has 0 aromatic heterocycles. The van der Waals surface area contributed by atoms with Gasteiger partial charge in [0, 0.05) is 0 Å². The van der Waals surface area contributed by atoms with E-state index in [2.05, 4.69) is 46.4 Å². The molecule has 0 amide bonds. The van der Waals surface area contributed by atoms with Gasteiger partial charge in [-0.05, 0) is 45.4 Å². The minimum atomic E-state index is -4.41. The maximum absolute atomic E-state index is 9.22. The highest BCUT2D eigenvalue weighted by Crippen LogP contribution is 2.11. The van der Waals surface area contributed by atoms with Crippen LogP contribution in [0.1, 0.15) is 97.3 Å². The molecule has 0 fully saturated rings. The first-order chi connectivity index (χ1) is 13.9. The Hall–Kier alpha value is -0.920. The molecular formula is C22H44N2O4S. The number of unbranched alkanes of at least 4 members (excludes halogenated alkanes) is 10. The van der Waals surface area contributed by atoms with Crippen LogP contribution in [0.4, 0.5) is 0 Å². The molecule has 1 atom stereocenters. The summed E-state index contributed by atoms with van der Waals surface area (Å²) in [5, 5.41) is 3.30. The van der Waals surface area contributed by atoms with Gasteiger partial charge in [0.1, 0.15) is 13.1 Å². The molecule has 29 heavy (non-hydrogen) atoms. The van der Waals surface area contributed by atoms with Crippen molar-refractivity contribution >= 4 is 16.7 Å². The van der Waals surface area contributed by atoms with E-state index in [-0.39, 0.29) is 0 Å². The van der Waals surface area contributed by atoms with Gasteiger partial charge in [0.15, 0.2) is 0 Å².